The predicted molar refractivity (Wildman–Crippen MR) is 191 cm³/mol. The molecule has 0 amide bonds. The fourth-order valence-electron chi connectivity index (χ4n) is 7.26. The van der Waals surface area contributed by atoms with E-state index in [1.165, 1.54) is 43.4 Å². The number of benzene rings is 7. The molecule has 0 atom stereocenters. The van der Waals surface area contributed by atoms with Crippen LogP contribution in [-0.4, -0.2) is 19.1 Å². The van der Waals surface area contributed by atoms with Gasteiger partial charge in [-0.3, -0.25) is 4.57 Å². The average Bonchev–Trinajstić information content (AvgIpc) is 3.64. The molecule has 0 N–H and O–H groups in total. The summed E-state index contributed by atoms with van der Waals surface area (Å²) in [5.74, 6) is 0.825. The second-order valence-electron chi connectivity index (χ2n) is 11.8. The number of rotatable bonds is 3. The van der Waals surface area contributed by atoms with Crippen molar-refractivity contribution in [2.45, 2.75) is 0 Å². The van der Waals surface area contributed by atoms with Crippen molar-refractivity contribution in [2.75, 3.05) is 0 Å². The van der Waals surface area contributed by atoms with Crippen LogP contribution >= 0.6 is 0 Å². The lowest BCUT2D eigenvalue weighted by Crippen LogP contribution is -2.04. The van der Waals surface area contributed by atoms with E-state index >= 15 is 0 Å². The molecule has 0 fully saturated rings. The van der Waals surface area contributed by atoms with Crippen molar-refractivity contribution in [1.82, 2.24) is 19.1 Å². The largest absolute Gasteiger partial charge is 0.309 e. The molecule has 0 radical (unpaired) electrons. The SMILES string of the molecule is c1ccc(-c2nc3ccccc3nc2-n2c3ccc(-n4c5ccccc5c5ccccc54)cc3c3ccc4ccccc4c32)cc1. The summed E-state index contributed by atoms with van der Waals surface area (Å²) in [4.78, 5) is 10.6. The van der Waals surface area contributed by atoms with E-state index in [1.54, 1.807) is 0 Å². The molecule has 0 saturated heterocycles. The molecule has 46 heavy (non-hydrogen) atoms. The molecule has 3 aromatic heterocycles. The van der Waals surface area contributed by atoms with Crippen molar-refractivity contribution in [3.8, 4) is 22.8 Å². The minimum atomic E-state index is 0.825. The van der Waals surface area contributed by atoms with Gasteiger partial charge in [-0.25, -0.2) is 9.97 Å². The summed E-state index contributed by atoms with van der Waals surface area (Å²) in [6.45, 7) is 0. The minimum absolute atomic E-state index is 0.825. The van der Waals surface area contributed by atoms with Crippen LogP contribution in [0.3, 0.4) is 0 Å². The van der Waals surface area contributed by atoms with Crippen molar-refractivity contribution in [1.29, 1.82) is 0 Å². The maximum atomic E-state index is 5.35. The van der Waals surface area contributed by atoms with Gasteiger partial charge in [0.05, 0.1) is 33.1 Å². The van der Waals surface area contributed by atoms with Crippen LogP contribution in [0.25, 0.3) is 88.2 Å². The molecule has 0 aliphatic rings. The molecular weight excluding hydrogens is 560 g/mol. The van der Waals surface area contributed by atoms with Gasteiger partial charge in [0.2, 0.25) is 0 Å². The third-order valence-corrected chi connectivity index (χ3v) is 9.28. The zero-order chi connectivity index (χ0) is 30.2. The zero-order valence-electron chi connectivity index (χ0n) is 24.8. The summed E-state index contributed by atoms with van der Waals surface area (Å²) in [6, 6.07) is 55.9. The van der Waals surface area contributed by atoms with Crippen molar-refractivity contribution in [2.24, 2.45) is 0 Å². The smallest absolute Gasteiger partial charge is 0.165 e. The molecule has 0 aliphatic carbocycles. The molecule has 214 valence electrons. The average molecular weight is 587 g/mol. The topological polar surface area (TPSA) is 35.6 Å². The highest BCUT2D eigenvalue weighted by Crippen LogP contribution is 2.40. The Kier molecular flexibility index (Phi) is 5.25. The van der Waals surface area contributed by atoms with Crippen LogP contribution in [0.2, 0.25) is 0 Å². The third kappa shape index (κ3) is 3.55. The van der Waals surface area contributed by atoms with E-state index < -0.39 is 0 Å². The number of para-hydroxylation sites is 4. The van der Waals surface area contributed by atoms with Crippen LogP contribution in [0.4, 0.5) is 0 Å². The second kappa shape index (κ2) is 9.62. The molecule has 10 aromatic rings. The number of hydrogen-bond acceptors (Lipinski definition) is 2. The van der Waals surface area contributed by atoms with Crippen LogP contribution in [-0.2, 0) is 0 Å². The highest BCUT2D eigenvalue weighted by molar-refractivity contribution is 6.19. The minimum Gasteiger partial charge on any atom is -0.309 e. The Balaban J connectivity index is 1.36. The van der Waals surface area contributed by atoms with E-state index in [0.29, 0.717) is 0 Å². The lowest BCUT2D eigenvalue weighted by atomic mass is 10.1. The van der Waals surface area contributed by atoms with Crippen LogP contribution in [0, 0.1) is 0 Å². The maximum absolute atomic E-state index is 5.35. The monoisotopic (exact) mass is 586 g/mol. The van der Waals surface area contributed by atoms with Gasteiger partial charge in [0.25, 0.3) is 0 Å². The van der Waals surface area contributed by atoms with Crippen molar-refractivity contribution in [3.05, 3.63) is 158 Å². The van der Waals surface area contributed by atoms with E-state index in [1.807, 2.05) is 30.3 Å². The van der Waals surface area contributed by atoms with E-state index in [2.05, 4.69) is 137 Å². The first-order chi connectivity index (χ1) is 22.8. The molecule has 7 aromatic carbocycles. The standard InChI is InChI=1S/C42H26N4/c1-2-13-28(14-3-1)40-42(44-36-19-9-8-18-35(36)43-40)46-39-25-23-29(26-34(39)33-24-22-27-12-4-5-15-30(27)41(33)46)45-37-20-10-6-16-31(37)32-17-7-11-21-38(32)45/h1-26H. The summed E-state index contributed by atoms with van der Waals surface area (Å²) in [5, 5.41) is 7.25. The summed E-state index contributed by atoms with van der Waals surface area (Å²) in [7, 11) is 0. The Morgan fingerprint density at radius 2 is 1.00 bits per heavy atom. The highest BCUT2D eigenvalue weighted by atomic mass is 15.1. The van der Waals surface area contributed by atoms with Gasteiger partial charge in [0.1, 0.15) is 5.69 Å². The van der Waals surface area contributed by atoms with E-state index in [9.17, 15) is 0 Å². The number of aromatic nitrogens is 4. The van der Waals surface area contributed by atoms with E-state index in [4.69, 9.17) is 9.97 Å². The summed E-state index contributed by atoms with van der Waals surface area (Å²) >= 11 is 0. The van der Waals surface area contributed by atoms with E-state index in [0.717, 1.165) is 44.8 Å². The molecular formula is C42H26N4. The highest BCUT2D eigenvalue weighted by Gasteiger charge is 2.22. The molecule has 0 unspecified atom stereocenters. The third-order valence-electron chi connectivity index (χ3n) is 9.28. The predicted octanol–water partition coefficient (Wildman–Crippen LogP) is 10.6. The second-order valence-corrected chi connectivity index (χ2v) is 11.8. The van der Waals surface area contributed by atoms with Gasteiger partial charge in [-0.2, -0.15) is 0 Å². The first kappa shape index (κ1) is 25.1. The Hall–Kier alpha value is -6.26. The molecule has 3 heterocycles. The molecule has 0 aliphatic heterocycles. The van der Waals surface area contributed by atoms with Crippen LogP contribution in [0.5, 0.6) is 0 Å². The lowest BCUT2D eigenvalue weighted by molar-refractivity contribution is 1.08. The molecule has 4 heteroatoms. The number of nitrogens with zero attached hydrogens (tertiary/aromatic N) is 4. The Bertz CT molecular complexity index is 2750. The van der Waals surface area contributed by atoms with Gasteiger partial charge in [-0.05, 0) is 47.9 Å². The summed E-state index contributed by atoms with van der Waals surface area (Å²) in [5.41, 5.74) is 9.40. The van der Waals surface area contributed by atoms with Crippen molar-refractivity contribution < 1.29 is 0 Å². The maximum Gasteiger partial charge on any atom is 0.165 e. The lowest BCUT2D eigenvalue weighted by Gasteiger charge is -2.15. The van der Waals surface area contributed by atoms with Gasteiger partial charge in [-0.15, -0.1) is 0 Å². The molecule has 4 nitrogen and oxygen atoms in total. The fourth-order valence-corrected chi connectivity index (χ4v) is 7.26. The van der Waals surface area contributed by atoms with Gasteiger partial charge >= 0.3 is 0 Å². The molecule has 0 spiro atoms. The van der Waals surface area contributed by atoms with Crippen molar-refractivity contribution in [3.63, 3.8) is 0 Å². The molecule has 0 bridgehead atoms. The van der Waals surface area contributed by atoms with Gasteiger partial charge < -0.3 is 4.57 Å². The first-order valence-corrected chi connectivity index (χ1v) is 15.6. The molecule has 0 saturated carbocycles. The van der Waals surface area contributed by atoms with Gasteiger partial charge in [-0.1, -0.05) is 115 Å². The van der Waals surface area contributed by atoms with Gasteiger partial charge in [0.15, 0.2) is 5.82 Å². The Morgan fingerprint density at radius 3 is 1.76 bits per heavy atom. The number of hydrogen-bond donors (Lipinski definition) is 0. The Labute approximate surface area is 264 Å². The zero-order valence-corrected chi connectivity index (χ0v) is 24.8. The Morgan fingerprint density at radius 1 is 0.391 bits per heavy atom. The van der Waals surface area contributed by atoms with Crippen LogP contribution < -0.4 is 0 Å². The van der Waals surface area contributed by atoms with E-state index in [-0.39, 0.29) is 0 Å². The summed E-state index contributed by atoms with van der Waals surface area (Å²) in [6.07, 6.45) is 0. The first-order valence-electron chi connectivity index (χ1n) is 15.6. The normalized spacial score (nSPS) is 11.9. The molecule has 10 rings (SSSR count). The van der Waals surface area contributed by atoms with Crippen LogP contribution in [0.1, 0.15) is 0 Å². The quantitative estimate of drug-likeness (QED) is 0.206. The van der Waals surface area contributed by atoms with Gasteiger partial charge in [0, 0.05) is 38.2 Å². The van der Waals surface area contributed by atoms with Crippen LogP contribution in [0.15, 0.2) is 158 Å². The van der Waals surface area contributed by atoms with Crippen molar-refractivity contribution >= 4 is 65.4 Å². The fraction of sp³-hybridized carbons (Fsp3) is 0. The summed E-state index contributed by atoms with van der Waals surface area (Å²) < 4.78 is 4.73. The number of fused-ring (bicyclic) bond motifs is 9.